The SMILES string of the molecule is COc1nc(-c2cccc(-c3cccc(NC(=O)C4CN(C)C(=O)N(C)C4=O)c3C)c2Cl)ccc1CNC[C@@H](O)CO. The quantitative estimate of drug-likeness (QED) is 0.262. The van der Waals surface area contributed by atoms with E-state index in [0.29, 0.717) is 34.4 Å². The van der Waals surface area contributed by atoms with Crippen LogP contribution in [0.4, 0.5) is 10.5 Å². The number of aliphatic hydroxyl groups is 2. The van der Waals surface area contributed by atoms with Crippen molar-refractivity contribution in [3.05, 3.63) is 64.7 Å². The van der Waals surface area contributed by atoms with Gasteiger partial charge in [-0.15, -0.1) is 0 Å². The van der Waals surface area contributed by atoms with Gasteiger partial charge in [0.2, 0.25) is 17.7 Å². The summed E-state index contributed by atoms with van der Waals surface area (Å²) in [5.74, 6) is -1.67. The summed E-state index contributed by atoms with van der Waals surface area (Å²) in [5.41, 5.74) is 4.84. The third kappa shape index (κ3) is 6.39. The van der Waals surface area contributed by atoms with E-state index in [4.69, 9.17) is 21.4 Å². The maximum absolute atomic E-state index is 13.1. The van der Waals surface area contributed by atoms with Gasteiger partial charge in [0.05, 0.1) is 30.5 Å². The fourth-order valence-corrected chi connectivity index (χ4v) is 5.12. The molecule has 0 aliphatic carbocycles. The van der Waals surface area contributed by atoms with Gasteiger partial charge in [-0.2, -0.15) is 0 Å². The third-order valence-corrected chi connectivity index (χ3v) is 7.62. The molecular formula is C30H34ClN5O6. The summed E-state index contributed by atoms with van der Waals surface area (Å²) in [6, 6.07) is 14.3. The van der Waals surface area contributed by atoms with Gasteiger partial charge >= 0.3 is 6.03 Å². The molecule has 0 bridgehead atoms. The number of urea groups is 1. The number of anilines is 1. The van der Waals surface area contributed by atoms with E-state index in [9.17, 15) is 19.5 Å². The van der Waals surface area contributed by atoms with Crippen molar-refractivity contribution in [1.29, 1.82) is 0 Å². The average Bonchev–Trinajstić information content (AvgIpc) is 2.99. The van der Waals surface area contributed by atoms with Gasteiger partial charge in [-0.05, 0) is 30.2 Å². The number of amides is 4. The highest BCUT2D eigenvalue weighted by Gasteiger charge is 2.39. The van der Waals surface area contributed by atoms with Crippen molar-refractivity contribution >= 4 is 35.1 Å². The minimum atomic E-state index is -1.02. The van der Waals surface area contributed by atoms with Crippen LogP contribution in [0.1, 0.15) is 11.1 Å². The zero-order valence-electron chi connectivity index (χ0n) is 23.8. The second-order valence-electron chi connectivity index (χ2n) is 10.1. The monoisotopic (exact) mass is 595 g/mol. The molecule has 0 spiro atoms. The van der Waals surface area contributed by atoms with Gasteiger partial charge in [0.25, 0.3) is 0 Å². The summed E-state index contributed by atoms with van der Waals surface area (Å²) < 4.78 is 5.50. The molecule has 1 fully saturated rings. The van der Waals surface area contributed by atoms with Gasteiger partial charge in [-0.3, -0.25) is 14.5 Å². The molecule has 1 aromatic heterocycles. The number of carbonyl (C=O) groups excluding carboxylic acids is 3. The number of ether oxygens (including phenoxy) is 1. The molecule has 4 N–H and O–H groups in total. The van der Waals surface area contributed by atoms with Crippen LogP contribution in [0.15, 0.2) is 48.5 Å². The molecule has 2 atom stereocenters. The third-order valence-electron chi connectivity index (χ3n) is 7.21. The number of carbonyl (C=O) groups is 3. The Morgan fingerprint density at radius 3 is 2.52 bits per heavy atom. The Balaban J connectivity index is 1.60. The summed E-state index contributed by atoms with van der Waals surface area (Å²) in [6.07, 6.45) is -0.858. The minimum absolute atomic E-state index is 0.00359. The molecule has 222 valence electrons. The number of benzene rings is 2. The topological polar surface area (TPSA) is 144 Å². The lowest BCUT2D eigenvalue weighted by atomic mass is 9.96. The van der Waals surface area contributed by atoms with Gasteiger partial charge in [-0.25, -0.2) is 9.78 Å². The van der Waals surface area contributed by atoms with Crippen molar-refractivity contribution in [3.63, 3.8) is 0 Å². The summed E-state index contributed by atoms with van der Waals surface area (Å²) in [4.78, 5) is 44.7. The van der Waals surface area contributed by atoms with Crippen LogP contribution in [0.3, 0.4) is 0 Å². The first kappa shape index (κ1) is 30.9. The number of hydrogen-bond donors (Lipinski definition) is 4. The van der Waals surface area contributed by atoms with Crippen LogP contribution in [-0.2, 0) is 16.1 Å². The Labute approximate surface area is 249 Å². The summed E-state index contributed by atoms with van der Waals surface area (Å²) in [5, 5.41) is 24.9. The number of aliphatic hydroxyl groups excluding tert-OH is 2. The highest BCUT2D eigenvalue weighted by atomic mass is 35.5. The summed E-state index contributed by atoms with van der Waals surface area (Å²) >= 11 is 6.94. The van der Waals surface area contributed by atoms with E-state index in [1.807, 2.05) is 43.3 Å². The number of halogens is 1. The molecule has 42 heavy (non-hydrogen) atoms. The van der Waals surface area contributed by atoms with E-state index < -0.39 is 29.9 Å². The van der Waals surface area contributed by atoms with Crippen molar-refractivity contribution in [2.45, 2.75) is 19.6 Å². The molecule has 0 saturated carbocycles. The van der Waals surface area contributed by atoms with E-state index >= 15 is 0 Å². The van der Waals surface area contributed by atoms with E-state index in [2.05, 4.69) is 15.6 Å². The van der Waals surface area contributed by atoms with E-state index in [0.717, 1.165) is 27.2 Å². The molecule has 1 aliphatic rings. The van der Waals surface area contributed by atoms with Crippen LogP contribution in [0.2, 0.25) is 5.02 Å². The Kier molecular flexibility index (Phi) is 9.79. The standard InChI is InChI=1S/C30H34ClN5O6/c1-17-20(7-6-10-24(17)33-27(39)23-15-35(2)30(41)36(3)29(23)40)21-8-5-9-22(26(21)31)25-12-11-18(28(34-25)42-4)13-32-14-19(38)16-37/h5-12,19,23,32,37-38H,13-16H2,1-4H3,(H,33,39)/t19-,23?/m1/s1. The van der Waals surface area contributed by atoms with Gasteiger partial charge in [-0.1, -0.05) is 48.0 Å². The molecule has 4 rings (SSSR count). The smallest absolute Gasteiger partial charge is 0.326 e. The Bertz CT molecular complexity index is 1500. The minimum Gasteiger partial charge on any atom is -0.481 e. The Hall–Kier alpha value is -4.03. The van der Waals surface area contributed by atoms with Gasteiger partial charge in [0.1, 0.15) is 5.92 Å². The van der Waals surface area contributed by atoms with Crippen molar-refractivity contribution in [2.75, 3.05) is 46.2 Å². The molecule has 2 heterocycles. The van der Waals surface area contributed by atoms with Crippen molar-refractivity contribution in [2.24, 2.45) is 5.92 Å². The molecule has 2 aromatic carbocycles. The molecule has 3 aromatic rings. The van der Waals surface area contributed by atoms with Crippen LogP contribution in [0.5, 0.6) is 5.88 Å². The molecule has 1 saturated heterocycles. The first-order valence-electron chi connectivity index (χ1n) is 13.3. The van der Waals surface area contributed by atoms with Gasteiger partial charge in [0, 0.05) is 56.1 Å². The lowest BCUT2D eigenvalue weighted by Gasteiger charge is -2.33. The second-order valence-corrected chi connectivity index (χ2v) is 10.5. The zero-order valence-corrected chi connectivity index (χ0v) is 24.6. The summed E-state index contributed by atoms with van der Waals surface area (Å²) in [6.45, 7) is 2.13. The van der Waals surface area contributed by atoms with Crippen molar-refractivity contribution < 1.29 is 29.3 Å². The number of aromatic nitrogens is 1. The van der Waals surface area contributed by atoms with E-state index in [1.54, 1.807) is 19.2 Å². The van der Waals surface area contributed by atoms with Crippen LogP contribution >= 0.6 is 11.6 Å². The molecule has 0 radical (unpaired) electrons. The van der Waals surface area contributed by atoms with Gasteiger partial charge in [0.15, 0.2) is 0 Å². The Morgan fingerprint density at radius 1 is 1.12 bits per heavy atom. The number of rotatable bonds is 10. The number of hydrogen-bond acceptors (Lipinski definition) is 8. The highest BCUT2D eigenvalue weighted by Crippen LogP contribution is 2.39. The average molecular weight is 596 g/mol. The maximum Gasteiger partial charge on any atom is 0.326 e. The van der Waals surface area contributed by atoms with E-state index in [-0.39, 0.29) is 19.7 Å². The molecule has 1 aliphatic heterocycles. The lowest BCUT2D eigenvalue weighted by Crippen LogP contribution is -2.56. The Morgan fingerprint density at radius 2 is 1.81 bits per heavy atom. The number of imide groups is 1. The molecule has 4 amide bonds. The van der Waals surface area contributed by atoms with Gasteiger partial charge < -0.3 is 30.5 Å². The highest BCUT2D eigenvalue weighted by molar-refractivity contribution is 6.36. The van der Waals surface area contributed by atoms with Crippen molar-refractivity contribution in [3.8, 4) is 28.3 Å². The number of pyridine rings is 1. The predicted molar refractivity (Wildman–Crippen MR) is 159 cm³/mol. The zero-order chi connectivity index (χ0) is 30.6. The normalized spacial score (nSPS) is 16.0. The fraction of sp³-hybridized carbons (Fsp3) is 0.333. The lowest BCUT2D eigenvalue weighted by molar-refractivity contribution is -0.140. The fourth-order valence-electron chi connectivity index (χ4n) is 4.80. The number of nitrogens with zero attached hydrogens (tertiary/aromatic N) is 3. The van der Waals surface area contributed by atoms with Crippen LogP contribution < -0.4 is 15.4 Å². The van der Waals surface area contributed by atoms with Crippen LogP contribution in [0, 0.1) is 12.8 Å². The second kappa shape index (κ2) is 13.3. The first-order valence-corrected chi connectivity index (χ1v) is 13.7. The molecule has 11 nitrogen and oxygen atoms in total. The largest absolute Gasteiger partial charge is 0.481 e. The number of methoxy groups -OCH3 is 1. The first-order chi connectivity index (χ1) is 20.1. The van der Waals surface area contributed by atoms with Crippen LogP contribution in [0.25, 0.3) is 22.4 Å². The molecule has 1 unspecified atom stereocenters. The van der Waals surface area contributed by atoms with Crippen LogP contribution in [-0.4, -0.2) is 89.8 Å². The molecule has 12 heteroatoms. The summed E-state index contributed by atoms with van der Waals surface area (Å²) in [7, 11) is 4.43. The van der Waals surface area contributed by atoms with Crippen molar-refractivity contribution in [1.82, 2.24) is 20.1 Å². The maximum atomic E-state index is 13.1. The number of nitrogens with one attached hydrogen (secondary N) is 2. The van der Waals surface area contributed by atoms with E-state index in [1.165, 1.54) is 19.1 Å². The predicted octanol–water partition coefficient (Wildman–Crippen LogP) is 2.91. The molecular weight excluding hydrogens is 562 g/mol.